The van der Waals surface area contributed by atoms with Gasteiger partial charge in [-0.25, -0.2) is 22.3 Å². The van der Waals surface area contributed by atoms with Gasteiger partial charge in [-0.3, -0.25) is 4.79 Å². The van der Waals surface area contributed by atoms with Crippen molar-refractivity contribution in [1.82, 2.24) is 10.0 Å². The Bertz CT molecular complexity index is 1370. The number of carbonyl (C=O) groups excluding carboxylic acids is 1. The molecule has 194 valence electrons. The predicted molar refractivity (Wildman–Crippen MR) is 138 cm³/mol. The number of carboxylic acid groups (broad SMARTS) is 1. The molecule has 3 N–H and O–H groups in total. The Kier molecular flexibility index (Phi) is 8.04. The summed E-state index contributed by atoms with van der Waals surface area (Å²) in [6.45, 7) is 1.85. The van der Waals surface area contributed by atoms with Gasteiger partial charge in [0.1, 0.15) is 5.82 Å². The number of carbonyl (C=O) groups is 2. The lowest BCUT2D eigenvalue weighted by Crippen LogP contribution is -2.41. The molecule has 1 fully saturated rings. The van der Waals surface area contributed by atoms with Gasteiger partial charge < -0.3 is 10.4 Å². The van der Waals surface area contributed by atoms with Crippen molar-refractivity contribution >= 4 is 21.9 Å². The zero-order valence-electron chi connectivity index (χ0n) is 20.4. The van der Waals surface area contributed by atoms with Gasteiger partial charge in [-0.05, 0) is 85.7 Å². The Hall–Kier alpha value is -3.56. The first kappa shape index (κ1) is 26.5. The molecule has 0 unspecified atom stereocenters. The number of sulfonamides is 1. The highest BCUT2D eigenvalue weighted by Gasteiger charge is 2.29. The zero-order valence-corrected chi connectivity index (χ0v) is 21.2. The first-order chi connectivity index (χ1) is 17.6. The smallest absolute Gasteiger partial charge is 0.335 e. The van der Waals surface area contributed by atoms with Gasteiger partial charge >= 0.3 is 5.97 Å². The number of rotatable bonds is 8. The minimum absolute atomic E-state index is 0.0827. The first-order valence-corrected chi connectivity index (χ1v) is 13.6. The van der Waals surface area contributed by atoms with Crippen LogP contribution in [0, 0.1) is 11.7 Å². The molecule has 9 heteroatoms. The molecule has 0 aliphatic heterocycles. The molecule has 1 atom stereocenters. The lowest BCUT2D eigenvalue weighted by atomic mass is 9.85. The van der Waals surface area contributed by atoms with Crippen molar-refractivity contribution in [3.8, 4) is 11.1 Å². The molecule has 0 bridgehead atoms. The zero-order chi connectivity index (χ0) is 26.6. The van der Waals surface area contributed by atoms with E-state index in [9.17, 15) is 27.5 Å². The molecule has 3 aromatic rings. The summed E-state index contributed by atoms with van der Waals surface area (Å²) >= 11 is 0. The molecule has 0 aromatic heterocycles. The van der Waals surface area contributed by atoms with Crippen LogP contribution in [0.1, 0.15) is 54.6 Å². The van der Waals surface area contributed by atoms with Crippen LogP contribution >= 0.6 is 0 Å². The molecule has 0 radical (unpaired) electrons. The summed E-state index contributed by atoms with van der Waals surface area (Å²) in [5, 5.41) is 12.2. The molecule has 1 amide bonds. The fourth-order valence-electron chi connectivity index (χ4n) is 4.59. The minimum atomic E-state index is -3.75. The summed E-state index contributed by atoms with van der Waals surface area (Å²) < 4.78 is 41.8. The van der Waals surface area contributed by atoms with Crippen molar-refractivity contribution < 1.29 is 27.5 Å². The van der Waals surface area contributed by atoms with Crippen LogP contribution in [-0.4, -0.2) is 31.4 Å². The predicted octanol–water partition coefficient (Wildman–Crippen LogP) is 4.91. The average Bonchev–Trinajstić information content (AvgIpc) is 2.89. The highest BCUT2D eigenvalue weighted by molar-refractivity contribution is 7.89. The normalized spacial score (nSPS) is 18.6. The Balaban J connectivity index is 1.32. The molecule has 0 heterocycles. The van der Waals surface area contributed by atoms with Crippen LogP contribution in [-0.2, 0) is 14.8 Å². The number of hydrogen-bond donors (Lipinski definition) is 3. The van der Waals surface area contributed by atoms with E-state index in [4.69, 9.17) is 0 Å². The number of amides is 1. The summed E-state index contributed by atoms with van der Waals surface area (Å²) in [5.41, 5.74) is 2.37. The molecule has 0 spiro atoms. The van der Waals surface area contributed by atoms with E-state index >= 15 is 0 Å². The molecule has 3 aromatic carbocycles. The summed E-state index contributed by atoms with van der Waals surface area (Å²) in [5.74, 6) is -1.64. The van der Waals surface area contributed by atoms with Crippen LogP contribution in [0.2, 0.25) is 0 Å². The Morgan fingerprint density at radius 2 is 1.57 bits per heavy atom. The van der Waals surface area contributed by atoms with Gasteiger partial charge in [0, 0.05) is 12.0 Å². The SMILES string of the molecule is C[C@@H](NC(=O)C1CCC(NS(=O)(=O)c2ccc(-c3cccc(C(=O)O)c3)cc2)CC1)c1ccc(F)cc1. The summed E-state index contributed by atoms with van der Waals surface area (Å²) in [6, 6.07) is 18.2. The van der Waals surface area contributed by atoms with Crippen LogP contribution in [0.4, 0.5) is 4.39 Å². The molecule has 1 aliphatic rings. The highest BCUT2D eigenvalue weighted by Crippen LogP contribution is 2.28. The van der Waals surface area contributed by atoms with Gasteiger partial charge in [-0.1, -0.05) is 36.4 Å². The second-order valence-corrected chi connectivity index (χ2v) is 11.1. The van der Waals surface area contributed by atoms with E-state index in [1.54, 1.807) is 42.5 Å². The van der Waals surface area contributed by atoms with E-state index in [-0.39, 0.29) is 40.2 Å². The maximum Gasteiger partial charge on any atom is 0.335 e. The van der Waals surface area contributed by atoms with E-state index < -0.39 is 16.0 Å². The second-order valence-electron chi connectivity index (χ2n) is 9.36. The highest BCUT2D eigenvalue weighted by atomic mass is 32.2. The first-order valence-electron chi connectivity index (χ1n) is 12.1. The monoisotopic (exact) mass is 524 g/mol. The van der Waals surface area contributed by atoms with E-state index in [0.29, 0.717) is 36.8 Å². The number of carboxylic acids is 1. The fraction of sp³-hybridized carbons (Fsp3) is 0.286. The van der Waals surface area contributed by atoms with Crippen LogP contribution in [0.5, 0.6) is 0 Å². The van der Waals surface area contributed by atoms with Gasteiger partial charge in [0.15, 0.2) is 0 Å². The van der Waals surface area contributed by atoms with E-state index in [0.717, 1.165) is 5.56 Å². The number of nitrogens with one attached hydrogen (secondary N) is 2. The van der Waals surface area contributed by atoms with Crippen molar-refractivity contribution in [3.05, 3.63) is 89.7 Å². The molecule has 37 heavy (non-hydrogen) atoms. The fourth-order valence-corrected chi connectivity index (χ4v) is 5.89. The van der Waals surface area contributed by atoms with Gasteiger partial charge in [0.25, 0.3) is 0 Å². The molecule has 4 rings (SSSR count). The lowest BCUT2D eigenvalue weighted by molar-refractivity contribution is -0.126. The third-order valence-corrected chi connectivity index (χ3v) is 8.29. The van der Waals surface area contributed by atoms with Crippen molar-refractivity contribution in [2.75, 3.05) is 0 Å². The van der Waals surface area contributed by atoms with Crippen LogP contribution in [0.15, 0.2) is 77.7 Å². The maximum atomic E-state index is 13.1. The molecule has 0 saturated heterocycles. The Labute approximate surface area is 215 Å². The van der Waals surface area contributed by atoms with Crippen molar-refractivity contribution in [3.63, 3.8) is 0 Å². The second kappa shape index (κ2) is 11.2. The standard InChI is InChI=1S/C28H29FN2O5S/c1-18(19-5-11-24(29)12-6-19)30-27(32)21-7-13-25(14-8-21)31-37(35,36)26-15-9-20(10-16-26)22-3-2-4-23(17-22)28(33)34/h2-6,9-12,15-18,21,25,31H,7-8,13-14H2,1H3,(H,30,32)(H,33,34)/t18-,21?,25?/m1/s1. The third-order valence-electron chi connectivity index (χ3n) is 6.76. The third kappa shape index (κ3) is 6.61. The Morgan fingerprint density at radius 3 is 2.19 bits per heavy atom. The maximum absolute atomic E-state index is 13.1. The summed E-state index contributed by atoms with van der Waals surface area (Å²) in [7, 11) is -3.75. The lowest BCUT2D eigenvalue weighted by Gasteiger charge is -2.29. The topological polar surface area (TPSA) is 113 Å². The molecular formula is C28H29FN2O5S. The number of halogens is 1. The van der Waals surface area contributed by atoms with E-state index in [1.165, 1.54) is 30.3 Å². The number of benzene rings is 3. The molecular weight excluding hydrogens is 495 g/mol. The minimum Gasteiger partial charge on any atom is -0.478 e. The summed E-state index contributed by atoms with van der Waals surface area (Å²) in [4.78, 5) is 24.0. The van der Waals surface area contributed by atoms with Gasteiger partial charge in [0.05, 0.1) is 16.5 Å². The number of hydrogen-bond acceptors (Lipinski definition) is 4. The molecule has 1 saturated carbocycles. The van der Waals surface area contributed by atoms with E-state index in [2.05, 4.69) is 10.0 Å². The van der Waals surface area contributed by atoms with Crippen LogP contribution in [0.3, 0.4) is 0 Å². The van der Waals surface area contributed by atoms with Gasteiger partial charge in [-0.2, -0.15) is 0 Å². The number of aromatic carboxylic acids is 1. The van der Waals surface area contributed by atoms with Crippen molar-refractivity contribution in [1.29, 1.82) is 0 Å². The van der Waals surface area contributed by atoms with Crippen molar-refractivity contribution in [2.24, 2.45) is 5.92 Å². The van der Waals surface area contributed by atoms with Crippen LogP contribution < -0.4 is 10.0 Å². The largest absolute Gasteiger partial charge is 0.478 e. The average molecular weight is 525 g/mol. The van der Waals surface area contributed by atoms with E-state index in [1.807, 2.05) is 6.92 Å². The quantitative estimate of drug-likeness (QED) is 0.388. The van der Waals surface area contributed by atoms with Gasteiger partial charge in [-0.15, -0.1) is 0 Å². The molecule has 7 nitrogen and oxygen atoms in total. The molecule has 1 aliphatic carbocycles. The van der Waals surface area contributed by atoms with Gasteiger partial charge in [0.2, 0.25) is 15.9 Å². The van der Waals surface area contributed by atoms with Crippen molar-refractivity contribution in [2.45, 2.75) is 49.6 Å². The van der Waals surface area contributed by atoms with Crippen LogP contribution in [0.25, 0.3) is 11.1 Å². The Morgan fingerprint density at radius 1 is 0.919 bits per heavy atom. The summed E-state index contributed by atoms with van der Waals surface area (Å²) in [6.07, 6.45) is 2.21.